The first-order valence-corrected chi connectivity index (χ1v) is 7.80. The molecular weight excluding hydrogens is 232 g/mol. The number of rotatable bonds is 6. The number of thioether (sulfide) groups is 1. The Labute approximate surface area is 110 Å². The van der Waals surface area contributed by atoms with Crippen molar-refractivity contribution in [2.24, 2.45) is 5.92 Å². The Morgan fingerprint density at radius 3 is 2.47 bits per heavy atom. The summed E-state index contributed by atoms with van der Waals surface area (Å²) in [5, 5.41) is 3.32. The van der Waals surface area contributed by atoms with Crippen LogP contribution in [-0.4, -0.2) is 41.1 Å². The van der Waals surface area contributed by atoms with Crippen molar-refractivity contribution in [1.29, 1.82) is 0 Å². The molecule has 1 atom stereocenters. The van der Waals surface area contributed by atoms with Gasteiger partial charge in [-0.25, -0.2) is 0 Å². The maximum atomic E-state index is 12.0. The average Bonchev–Trinajstić information content (AvgIpc) is 2.68. The molecule has 1 fully saturated rings. The molecule has 0 aromatic carbocycles. The van der Waals surface area contributed by atoms with Crippen LogP contribution in [0.5, 0.6) is 0 Å². The minimum Gasteiger partial charge on any atom is -0.324 e. The van der Waals surface area contributed by atoms with Gasteiger partial charge in [0.25, 0.3) is 0 Å². The number of amides is 1. The predicted molar refractivity (Wildman–Crippen MR) is 75.2 cm³/mol. The summed E-state index contributed by atoms with van der Waals surface area (Å²) in [7, 11) is 0. The van der Waals surface area contributed by atoms with Crippen LogP contribution in [-0.2, 0) is 4.79 Å². The third-order valence-corrected chi connectivity index (χ3v) is 5.50. The molecule has 1 aliphatic rings. The predicted octanol–water partition coefficient (Wildman–Crippen LogP) is 2.32. The summed E-state index contributed by atoms with van der Waals surface area (Å²) in [5.74, 6) is 0.721. The second-order valence-corrected chi connectivity index (χ2v) is 6.46. The summed E-state index contributed by atoms with van der Waals surface area (Å²) in [5.41, 5.74) is 0. The zero-order valence-electron chi connectivity index (χ0n) is 11.7. The topological polar surface area (TPSA) is 32.3 Å². The van der Waals surface area contributed by atoms with E-state index in [1.165, 1.54) is 0 Å². The van der Waals surface area contributed by atoms with Crippen molar-refractivity contribution in [1.82, 2.24) is 10.2 Å². The molecule has 0 spiro atoms. The number of carbonyl (C=O) groups is 1. The Kier molecular flexibility index (Phi) is 5.32. The molecule has 3 nitrogen and oxygen atoms in total. The Morgan fingerprint density at radius 1 is 1.47 bits per heavy atom. The first kappa shape index (κ1) is 14.8. The standard InChI is InChI=1S/C13H26N2OS/c1-6-13(7-2,17-5)9-15-11(16)8-14-12(15)10(3)4/h10,12,14H,6-9H2,1-5H3. The van der Waals surface area contributed by atoms with Crippen LogP contribution >= 0.6 is 11.8 Å². The van der Waals surface area contributed by atoms with Crippen LogP contribution in [0.25, 0.3) is 0 Å². The molecule has 1 rings (SSSR count). The van der Waals surface area contributed by atoms with Crippen molar-refractivity contribution in [3.8, 4) is 0 Å². The normalized spacial score (nSPS) is 21.6. The number of hydrogen-bond donors (Lipinski definition) is 1. The second kappa shape index (κ2) is 6.10. The van der Waals surface area contributed by atoms with Gasteiger partial charge in [0.05, 0.1) is 12.7 Å². The monoisotopic (exact) mass is 258 g/mol. The first-order valence-electron chi connectivity index (χ1n) is 6.57. The van der Waals surface area contributed by atoms with E-state index in [0.717, 1.165) is 19.4 Å². The molecule has 1 unspecified atom stereocenters. The minimum absolute atomic E-state index is 0.215. The van der Waals surface area contributed by atoms with Crippen molar-refractivity contribution in [3.63, 3.8) is 0 Å². The van der Waals surface area contributed by atoms with Crippen LogP contribution in [0.3, 0.4) is 0 Å². The molecule has 1 amide bonds. The minimum atomic E-state index is 0.215. The first-order chi connectivity index (χ1) is 7.99. The fraction of sp³-hybridized carbons (Fsp3) is 0.923. The van der Waals surface area contributed by atoms with Crippen LogP contribution in [0, 0.1) is 5.92 Å². The summed E-state index contributed by atoms with van der Waals surface area (Å²) >= 11 is 1.90. The molecule has 1 N–H and O–H groups in total. The molecule has 1 heterocycles. The van der Waals surface area contributed by atoms with Gasteiger partial charge in [-0.2, -0.15) is 11.8 Å². The lowest BCUT2D eigenvalue weighted by molar-refractivity contribution is -0.128. The quantitative estimate of drug-likeness (QED) is 0.793. The second-order valence-electron chi connectivity index (χ2n) is 5.19. The van der Waals surface area contributed by atoms with Gasteiger partial charge in [0.1, 0.15) is 0 Å². The number of carbonyl (C=O) groups excluding carboxylic acids is 1. The van der Waals surface area contributed by atoms with Gasteiger partial charge in [-0.3, -0.25) is 10.1 Å². The number of nitrogens with zero attached hydrogens (tertiary/aromatic N) is 1. The molecule has 1 aliphatic heterocycles. The average molecular weight is 258 g/mol. The third-order valence-electron chi connectivity index (χ3n) is 3.93. The zero-order valence-corrected chi connectivity index (χ0v) is 12.6. The lowest BCUT2D eigenvalue weighted by Gasteiger charge is -2.37. The van der Waals surface area contributed by atoms with Gasteiger partial charge in [-0.1, -0.05) is 27.7 Å². The molecule has 4 heteroatoms. The lowest BCUT2D eigenvalue weighted by atomic mass is 10.0. The maximum absolute atomic E-state index is 12.0. The van der Waals surface area contributed by atoms with E-state index in [4.69, 9.17) is 0 Å². The van der Waals surface area contributed by atoms with Crippen LogP contribution in [0.15, 0.2) is 0 Å². The summed E-state index contributed by atoms with van der Waals surface area (Å²) in [6.45, 7) is 10.1. The fourth-order valence-electron chi connectivity index (χ4n) is 2.48. The molecule has 100 valence electrons. The summed E-state index contributed by atoms with van der Waals surface area (Å²) in [4.78, 5) is 14.0. The van der Waals surface area contributed by atoms with Gasteiger partial charge in [0.15, 0.2) is 0 Å². The summed E-state index contributed by atoms with van der Waals surface area (Å²) < 4.78 is 0.217. The number of hydrogen-bond acceptors (Lipinski definition) is 3. The highest BCUT2D eigenvalue weighted by Gasteiger charge is 2.38. The van der Waals surface area contributed by atoms with Gasteiger partial charge >= 0.3 is 0 Å². The molecule has 0 aromatic heterocycles. The van der Waals surface area contributed by atoms with Crippen LogP contribution in [0.1, 0.15) is 40.5 Å². The van der Waals surface area contributed by atoms with E-state index in [2.05, 4.69) is 39.3 Å². The van der Waals surface area contributed by atoms with E-state index in [9.17, 15) is 4.79 Å². The third kappa shape index (κ3) is 3.16. The Bertz CT molecular complexity index is 256. The Balaban J connectivity index is 2.79. The van der Waals surface area contributed by atoms with Crippen molar-refractivity contribution >= 4 is 17.7 Å². The van der Waals surface area contributed by atoms with E-state index >= 15 is 0 Å². The van der Waals surface area contributed by atoms with Crippen molar-refractivity contribution in [3.05, 3.63) is 0 Å². The Hall–Kier alpha value is -0.220. The SMILES string of the molecule is CCC(CC)(CN1C(=O)CNC1C(C)C)SC. The van der Waals surface area contributed by atoms with E-state index < -0.39 is 0 Å². The zero-order chi connectivity index (χ0) is 13.1. The highest BCUT2D eigenvalue weighted by molar-refractivity contribution is 8.00. The molecule has 0 aliphatic carbocycles. The van der Waals surface area contributed by atoms with Gasteiger partial charge in [0, 0.05) is 11.3 Å². The van der Waals surface area contributed by atoms with Crippen molar-refractivity contribution < 1.29 is 4.79 Å². The molecular formula is C13H26N2OS. The van der Waals surface area contributed by atoms with E-state index in [-0.39, 0.29) is 16.8 Å². The highest BCUT2D eigenvalue weighted by atomic mass is 32.2. The number of nitrogens with one attached hydrogen (secondary N) is 1. The molecule has 0 aromatic rings. The molecule has 0 radical (unpaired) electrons. The van der Waals surface area contributed by atoms with Crippen molar-refractivity contribution in [2.45, 2.75) is 51.4 Å². The van der Waals surface area contributed by atoms with Crippen LogP contribution < -0.4 is 5.32 Å². The summed E-state index contributed by atoms with van der Waals surface area (Å²) in [6, 6.07) is 0. The molecule has 0 saturated carbocycles. The molecule has 17 heavy (non-hydrogen) atoms. The molecule has 1 saturated heterocycles. The van der Waals surface area contributed by atoms with E-state index in [1.807, 2.05) is 16.7 Å². The smallest absolute Gasteiger partial charge is 0.237 e. The van der Waals surface area contributed by atoms with E-state index in [1.54, 1.807) is 0 Å². The maximum Gasteiger partial charge on any atom is 0.237 e. The van der Waals surface area contributed by atoms with E-state index in [0.29, 0.717) is 12.5 Å². The van der Waals surface area contributed by atoms with Crippen molar-refractivity contribution in [2.75, 3.05) is 19.3 Å². The van der Waals surface area contributed by atoms with Crippen LogP contribution in [0.2, 0.25) is 0 Å². The summed E-state index contributed by atoms with van der Waals surface area (Å²) in [6.07, 6.45) is 4.59. The van der Waals surface area contributed by atoms with Gasteiger partial charge in [-0.15, -0.1) is 0 Å². The van der Waals surface area contributed by atoms with Crippen LogP contribution in [0.4, 0.5) is 0 Å². The van der Waals surface area contributed by atoms with Gasteiger partial charge in [-0.05, 0) is 25.0 Å². The fourth-order valence-corrected chi connectivity index (χ4v) is 3.32. The van der Waals surface area contributed by atoms with Gasteiger partial charge in [0.2, 0.25) is 5.91 Å². The highest BCUT2D eigenvalue weighted by Crippen LogP contribution is 2.33. The largest absolute Gasteiger partial charge is 0.324 e. The molecule has 0 bridgehead atoms. The van der Waals surface area contributed by atoms with Gasteiger partial charge < -0.3 is 4.90 Å². The lowest BCUT2D eigenvalue weighted by Crippen LogP contribution is -2.48. The Morgan fingerprint density at radius 2 is 2.06 bits per heavy atom.